The third-order valence-electron chi connectivity index (χ3n) is 6.25. The summed E-state index contributed by atoms with van der Waals surface area (Å²) in [5, 5.41) is 1.66. The number of benzene rings is 2. The third-order valence-corrected chi connectivity index (χ3v) is 6.62. The second-order valence-corrected chi connectivity index (χ2v) is 8.93. The quantitative estimate of drug-likeness (QED) is 0.531. The van der Waals surface area contributed by atoms with Gasteiger partial charge in [0.2, 0.25) is 5.95 Å². The van der Waals surface area contributed by atoms with Gasteiger partial charge in [-0.25, -0.2) is 4.98 Å². The largest absolute Gasteiger partial charge is 0.341 e. The predicted octanol–water partition coefficient (Wildman–Crippen LogP) is 3.83. The van der Waals surface area contributed by atoms with Gasteiger partial charge in [-0.05, 0) is 43.5 Å². The molecule has 0 aliphatic carbocycles. The Balaban J connectivity index is 1.82. The lowest BCUT2D eigenvalue weighted by Crippen LogP contribution is -2.44. The van der Waals surface area contributed by atoms with Crippen LogP contribution in [-0.4, -0.2) is 33.2 Å². The highest BCUT2D eigenvalue weighted by Gasteiger charge is 2.26. The van der Waals surface area contributed by atoms with Crippen LogP contribution < -0.4 is 16.2 Å². The van der Waals surface area contributed by atoms with Crippen molar-refractivity contribution in [1.29, 1.82) is 0 Å². The number of fused-ring (bicyclic) bond motifs is 3. The van der Waals surface area contributed by atoms with Crippen molar-refractivity contribution < 1.29 is 0 Å². The molecule has 0 spiro atoms. The number of imidazole rings is 1. The third kappa shape index (κ3) is 3.40. The monoisotopic (exact) mass is 435 g/mol. The zero-order valence-electron chi connectivity index (χ0n) is 17.8. The van der Waals surface area contributed by atoms with Gasteiger partial charge in [-0.2, -0.15) is 0 Å². The minimum absolute atomic E-state index is 0.0570. The van der Waals surface area contributed by atoms with Crippen molar-refractivity contribution in [2.75, 3.05) is 18.0 Å². The van der Waals surface area contributed by atoms with Gasteiger partial charge in [0.05, 0.1) is 12.1 Å². The molecular formula is C24H26ClN5O. The molecule has 5 rings (SSSR count). The van der Waals surface area contributed by atoms with Crippen molar-refractivity contribution >= 4 is 39.5 Å². The number of nitrogens with zero attached hydrogens (tertiary/aromatic N) is 4. The van der Waals surface area contributed by atoms with Gasteiger partial charge in [0.25, 0.3) is 5.56 Å². The Hall–Kier alpha value is -2.83. The van der Waals surface area contributed by atoms with E-state index in [2.05, 4.69) is 17.9 Å². The summed E-state index contributed by atoms with van der Waals surface area (Å²) in [4.78, 5) is 20.8. The highest BCUT2D eigenvalue weighted by atomic mass is 35.5. The summed E-state index contributed by atoms with van der Waals surface area (Å²) in [6.45, 7) is 4.13. The van der Waals surface area contributed by atoms with Crippen LogP contribution in [0.2, 0.25) is 5.02 Å². The molecule has 2 N–H and O–H groups in total. The average Bonchev–Trinajstić information content (AvgIpc) is 3.13. The average molecular weight is 436 g/mol. The molecule has 160 valence electrons. The van der Waals surface area contributed by atoms with Crippen LogP contribution in [0, 0.1) is 6.92 Å². The van der Waals surface area contributed by atoms with Gasteiger partial charge in [0, 0.05) is 36.6 Å². The molecular weight excluding hydrogens is 410 g/mol. The minimum atomic E-state index is -0.0570. The summed E-state index contributed by atoms with van der Waals surface area (Å²) in [5.74, 6) is 0.788. The number of halogens is 1. The summed E-state index contributed by atoms with van der Waals surface area (Å²) in [5.41, 5.74) is 10.5. The van der Waals surface area contributed by atoms with Crippen LogP contribution >= 0.6 is 11.6 Å². The first-order valence-corrected chi connectivity index (χ1v) is 11.1. The van der Waals surface area contributed by atoms with E-state index >= 15 is 0 Å². The summed E-state index contributed by atoms with van der Waals surface area (Å²) in [7, 11) is 1.82. The van der Waals surface area contributed by atoms with Gasteiger partial charge in [-0.3, -0.25) is 4.79 Å². The van der Waals surface area contributed by atoms with Crippen LogP contribution in [0.5, 0.6) is 0 Å². The molecule has 0 saturated carbocycles. The molecule has 2 aromatic carbocycles. The number of aromatic nitrogens is 3. The first-order chi connectivity index (χ1) is 14.9. The van der Waals surface area contributed by atoms with E-state index < -0.39 is 0 Å². The Morgan fingerprint density at radius 1 is 1.23 bits per heavy atom. The zero-order chi connectivity index (χ0) is 21.7. The Morgan fingerprint density at radius 3 is 2.81 bits per heavy atom. The van der Waals surface area contributed by atoms with Crippen molar-refractivity contribution in [3.05, 3.63) is 69.0 Å². The smallest absolute Gasteiger partial charge is 0.277 e. The molecule has 1 saturated heterocycles. The highest BCUT2D eigenvalue weighted by molar-refractivity contribution is 6.31. The van der Waals surface area contributed by atoms with Gasteiger partial charge in [-0.1, -0.05) is 41.4 Å². The maximum atomic E-state index is 13.5. The molecule has 31 heavy (non-hydrogen) atoms. The molecule has 0 amide bonds. The maximum absolute atomic E-state index is 13.5. The summed E-state index contributed by atoms with van der Waals surface area (Å²) in [6.07, 6.45) is 2.01. The molecule has 1 aliphatic rings. The minimum Gasteiger partial charge on any atom is -0.341 e. The van der Waals surface area contributed by atoms with Crippen LogP contribution in [0.25, 0.3) is 21.9 Å². The Bertz CT molecular complexity index is 1360. The Morgan fingerprint density at radius 2 is 2.03 bits per heavy atom. The molecule has 0 bridgehead atoms. The van der Waals surface area contributed by atoms with E-state index in [1.165, 1.54) is 0 Å². The molecule has 2 aromatic heterocycles. The van der Waals surface area contributed by atoms with E-state index in [1.807, 2.05) is 48.0 Å². The molecule has 4 aromatic rings. The molecule has 1 aliphatic heterocycles. The summed E-state index contributed by atoms with van der Waals surface area (Å²) in [6, 6.07) is 14.0. The zero-order valence-corrected chi connectivity index (χ0v) is 18.6. The topological polar surface area (TPSA) is 69.1 Å². The Labute approximate surface area is 185 Å². The number of pyridine rings is 1. The first kappa shape index (κ1) is 20.1. The van der Waals surface area contributed by atoms with Crippen LogP contribution in [0.3, 0.4) is 0 Å². The molecule has 6 nitrogen and oxygen atoms in total. The summed E-state index contributed by atoms with van der Waals surface area (Å²) < 4.78 is 3.74. The van der Waals surface area contributed by atoms with E-state index in [4.69, 9.17) is 22.3 Å². The van der Waals surface area contributed by atoms with Crippen molar-refractivity contribution in [1.82, 2.24) is 14.1 Å². The van der Waals surface area contributed by atoms with E-state index in [0.29, 0.717) is 17.1 Å². The second kappa shape index (κ2) is 7.70. The number of piperidine rings is 1. The lowest BCUT2D eigenvalue weighted by atomic mass is 10.1. The highest BCUT2D eigenvalue weighted by Crippen LogP contribution is 2.30. The predicted molar refractivity (Wildman–Crippen MR) is 127 cm³/mol. The van der Waals surface area contributed by atoms with Crippen LogP contribution in [-0.2, 0) is 13.6 Å². The first-order valence-electron chi connectivity index (χ1n) is 10.7. The van der Waals surface area contributed by atoms with E-state index in [9.17, 15) is 4.79 Å². The number of anilines is 1. The van der Waals surface area contributed by atoms with Gasteiger partial charge >= 0.3 is 0 Å². The van der Waals surface area contributed by atoms with Crippen molar-refractivity contribution in [2.24, 2.45) is 12.8 Å². The number of nitrogens with two attached hydrogens (primary N) is 1. The van der Waals surface area contributed by atoms with Crippen molar-refractivity contribution in [3.8, 4) is 0 Å². The summed E-state index contributed by atoms with van der Waals surface area (Å²) >= 11 is 6.49. The van der Waals surface area contributed by atoms with E-state index in [1.54, 1.807) is 4.57 Å². The van der Waals surface area contributed by atoms with E-state index in [0.717, 1.165) is 59.4 Å². The van der Waals surface area contributed by atoms with Gasteiger partial charge < -0.3 is 19.8 Å². The fourth-order valence-corrected chi connectivity index (χ4v) is 4.82. The number of rotatable bonds is 3. The van der Waals surface area contributed by atoms with Crippen LogP contribution in [0.4, 0.5) is 5.95 Å². The SMILES string of the molecule is Cc1ccc2c(c1)c1nc(N3CCC[C@@H](N)C3)n(Cc3ccccc3Cl)c1c(=O)n2C. The number of aryl methyl sites for hydroxylation is 2. The van der Waals surface area contributed by atoms with Gasteiger partial charge in [-0.15, -0.1) is 0 Å². The fraction of sp³-hybridized carbons (Fsp3) is 0.333. The number of hydrogen-bond acceptors (Lipinski definition) is 4. The van der Waals surface area contributed by atoms with Crippen molar-refractivity contribution in [2.45, 2.75) is 32.4 Å². The second-order valence-electron chi connectivity index (χ2n) is 8.52. The normalized spacial score (nSPS) is 17.0. The molecule has 3 heterocycles. The van der Waals surface area contributed by atoms with Gasteiger partial charge in [0.15, 0.2) is 0 Å². The Kier molecular flexibility index (Phi) is 4.99. The molecule has 1 atom stereocenters. The fourth-order valence-electron chi connectivity index (χ4n) is 4.63. The molecule has 0 radical (unpaired) electrons. The van der Waals surface area contributed by atoms with Crippen LogP contribution in [0.15, 0.2) is 47.3 Å². The van der Waals surface area contributed by atoms with E-state index in [-0.39, 0.29) is 11.6 Å². The maximum Gasteiger partial charge on any atom is 0.277 e. The molecule has 1 fully saturated rings. The lowest BCUT2D eigenvalue weighted by Gasteiger charge is -2.32. The van der Waals surface area contributed by atoms with Crippen LogP contribution in [0.1, 0.15) is 24.0 Å². The van der Waals surface area contributed by atoms with Crippen molar-refractivity contribution in [3.63, 3.8) is 0 Å². The standard InChI is InChI=1S/C24H26ClN5O/c1-15-9-10-20-18(12-15)21-22(23(31)28(20)2)30(13-16-6-3-4-8-19(16)25)24(27-21)29-11-5-7-17(26)14-29/h3-4,6,8-10,12,17H,5,7,11,13-14,26H2,1-2H3/t17-/m1/s1. The number of hydrogen-bond donors (Lipinski definition) is 1. The molecule has 7 heteroatoms. The molecule has 0 unspecified atom stereocenters. The van der Waals surface area contributed by atoms with Gasteiger partial charge in [0.1, 0.15) is 11.0 Å². The lowest BCUT2D eigenvalue weighted by molar-refractivity contribution is 0.495.